The molecule has 0 spiro atoms. The molecule has 2 nitrogen and oxygen atoms in total. The lowest BCUT2D eigenvalue weighted by atomic mass is 10.1. The Morgan fingerprint density at radius 1 is 1.50 bits per heavy atom. The van der Waals surface area contributed by atoms with Gasteiger partial charge in [-0.1, -0.05) is 11.6 Å². The van der Waals surface area contributed by atoms with E-state index in [0.717, 1.165) is 5.56 Å². The van der Waals surface area contributed by atoms with Gasteiger partial charge in [-0.15, -0.1) is 24.8 Å². The van der Waals surface area contributed by atoms with E-state index in [0.29, 0.717) is 5.15 Å². The van der Waals surface area contributed by atoms with Crippen LogP contribution >= 0.6 is 36.4 Å². The van der Waals surface area contributed by atoms with Crippen LogP contribution in [0.1, 0.15) is 18.5 Å². The van der Waals surface area contributed by atoms with Gasteiger partial charge in [0, 0.05) is 12.2 Å². The molecule has 1 rings (SSSR count). The zero-order chi connectivity index (χ0) is 7.56. The fourth-order valence-electron chi connectivity index (χ4n) is 0.701. The molecule has 0 saturated carbocycles. The van der Waals surface area contributed by atoms with Crippen LogP contribution in [0.5, 0.6) is 0 Å². The molecular weight excluding hydrogens is 218 g/mol. The van der Waals surface area contributed by atoms with Crippen molar-refractivity contribution >= 4 is 36.4 Å². The van der Waals surface area contributed by atoms with E-state index < -0.39 is 0 Å². The zero-order valence-electron chi connectivity index (χ0n) is 6.53. The predicted octanol–water partition coefficient (Wildman–Crippen LogP) is 2.60. The van der Waals surface area contributed by atoms with Crippen molar-refractivity contribution in [1.29, 1.82) is 0 Å². The second-order valence-corrected chi connectivity index (χ2v) is 2.59. The maximum atomic E-state index is 5.62. The first-order valence-electron chi connectivity index (χ1n) is 3.07. The van der Waals surface area contributed by atoms with Gasteiger partial charge in [-0.05, 0) is 24.6 Å². The molecule has 0 amide bonds. The van der Waals surface area contributed by atoms with Crippen molar-refractivity contribution < 1.29 is 0 Å². The summed E-state index contributed by atoms with van der Waals surface area (Å²) in [4.78, 5) is 3.83. The van der Waals surface area contributed by atoms with Crippen molar-refractivity contribution in [3.8, 4) is 0 Å². The molecule has 1 atom stereocenters. The van der Waals surface area contributed by atoms with Gasteiger partial charge in [-0.2, -0.15) is 0 Å². The van der Waals surface area contributed by atoms with Crippen molar-refractivity contribution in [2.45, 2.75) is 13.0 Å². The minimum absolute atomic E-state index is 0. The van der Waals surface area contributed by atoms with E-state index in [1.165, 1.54) is 0 Å². The number of halogens is 3. The van der Waals surface area contributed by atoms with Crippen LogP contribution in [0.25, 0.3) is 0 Å². The third kappa shape index (κ3) is 4.12. The van der Waals surface area contributed by atoms with E-state index in [4.69, 9.17) is 17.3 Å². The summed E-state index contributed by atoms with van der Waals surface area (Å²) in [6, 6.07) is 3.66. The molecule has 12 heavy (non-hydrogen) atoms. The van der Waals surface area contributed by atoms with Gasteiger partial charge < -0.3 is 5.73 Å². The molecule has 0 fully saturated rings. The number of hydrogen-bond acceptors (Lipinski definition) is 2. The smallest absolute Gasteiger partial charge is 0.129 e. The van der Waals surface area contributed by atoms with Crippen LogP contribution in [0.3, 0.4) is 0 Å². The van der Waals surface area contributed by atoms with Crippen LogP contribution in [0.15, 0.2) is 18.3 Å². The van der Waals surface area contributed by atoms with Gasteiger partial charge in [0.25, 0.3) is 0 Å². The SMILES string of the molecule is C[C@H](N)c1ccnc(Cl)c1.Cl.Cl. The number of rotatable bonds is 1. The van der Waals surface area contributed by atoms with Gasteiger partial charge in [0.2, 0.25) is 0 Å². The monoisotopic (exact) mass is 228 g/mol. The second kappa shape index (κ2) is 6.49. The van der Waals surface area contributed by atoms with Gasteiger partial charge in [0.1, 0.15) is 5.15 Å². The molecule has 0 aliphatic carbocycles. The highest BCUT2D eigenvalue weighted by molar-refractivity contribution is 6.29. The molecule has 0 saturated heterocycles. The van der Waals surface area contributed by atoms with Crippen molar-refractivity contribution in [3.05, 3.63) is 29.0 Å². The Kier molecular flexibility index (Phi) is 7.84. The average molecular weight is 230 g/mol. The summed E-state index contributed by atoms with van der Waals surface area (Å²) in [5.41, 5.74) is 6.61. The quantitative estimate of drug-likeness (QED) is 0.752. The topological polar surface area (TPSA) is 38.9 Å². The lowest BCUT2D eigenvalue weighted by molar-refractivity contribution is 0.815. The summed E-state index contributed by atoms with van der Waals surface area (Å²) < 4.78 is 0. The van der Waals surface area contributed by atoms with Crippen molar-refractivity contribution in [2.75, 3.05) is 0 Å². The number of hydrogen-bond donors (Lipinski definition) is 1. The molecule has 70 valence electrons. The molecule has 2 N–H and O–H groups in total. The number of aromatic nitrogens is 1. The van der Waals surface area contributed by atoms with Crippen LogP contribution in [-0.2, 0) is 0 Å². The third-order valence-electron chi connectivity index (χ3n) is 1.28. The maximum Gasteiger partial charge on any atom is 0.129 e. The molecule has 0 bridgehead atoms. The lowest BCUT2D eigenvalue weighted by Crippen LogP contribution is -2.04. The highest BCUT2D eigenvalue weighted by atomic mass is 35.5. The van der Waals surface area contributed by atoms with E-state index in [1.807, 2.05) is 13.0 Å². The van der Waals surface area contributed by atoms with E-state index in [9.17, 15) is 0 Å². The number of nitrogens with two attached hydrogens (primary N) is 1. The van der Waals surface area contributed by atoms with Gasteiger partial charge in [0.15, 0.2) is 0 Å². The predicted molar refractivity (Wildman–Crippen MR) is 56.3 cm³/mol. The Morgan fingerprint density at radius 2 is 2.08 bits per heavy atom. The summed E-state index contributed by atoms with van der Waals surface area (Å²) in [5, 5.41) is 0.495. The molecule has 1 aromatic heterocycles. The molecule has 0 aliphatic heterocycles. The van der Waals surface area contributed by atoms with Gasteiger partial charge in [-0.3, -0.25) is 0 Å². The van der Waals surface area contributed by atoms with E-state index in [2.05, 4.69) is 4.98 Å². The summed E-state index contributed by atoms with van der Waals surface area (Å²) in [6.45, 7) is 1.91. The van der Waals surface area contributed by atoms with Crippen LogP contribution < -0.4 is 5.73 Å². The number of pyridine rings is 1. The molecule has 1 heterocycles. The Morgan fingerprint density at radius 3 is 2.42 bits per heavy atom. The largest absolute Gasteiger partial charge is 0.324 e. The molecule has 5 heteroatoms. The summed E-state index contributed by atoms with van der Waals surface area (Å²) in [7, 11) is 0. The highest BCUT2D eigenvalue weighted by Gasteiger charge is 1.98. The Hall–Kier alpha value is -0.0200. The van der Waals surface area contributed by atoms with Gasteiger partial charge in [-0.25, -0.2) is 4.98 Å². The number of nitrogens with zero attached hydrogens (tertiary/aromatic N) is 1. The maximum absolute atomic E-state index is 5.62. The van der Waals surface area contributed by atoms with E-state index in [1.54, 1.807) is 12.3 Å². The summed E-state index contributed by atoms with van der Waals surface area (Å²) in [5.74, 6) is 0. The van der Waals surface area contributed by atoms with Crippen molar-refractivity contribution in [2.24, 2.45) is 5.73 Å². The Bertz CT molecular complexity index is 228. The molecule has 0 aromatic carbocycles. The second-order valence-electron chi connectivity index (χ2n) is 2.20. The molecule has 0 aliphatic rings. The molecular formula is C7H11Cl3N2. The fourth-order valence-corrected chi connectivity index (χ4v) is 0.883. The van der Waals surface area contributed by atoms with Crippen LogP contribution in [0.4, 0.5) is 0 Å². The summed E-state index contributed by atoms with van der Waals surface area (Å²) in [6.07, 6.45) is 1.65. The van der Waals surface area contributed by atoms with E-state index >= 15 is 0 Å². The fraction of sp³-hybridized carbons (Fsp3) is 0.286. The lowest BCUT2D eigenvalue weighted by Gasteiger charge is -2.03. The average Bonchev–Trinajstić information content (AvgIpc) is 1.88. The van der Waals surface area contributed by atoms with Crippen LogP contribution in [0.2, 0.25) is 5.15 Å². The zero-order valence-corrected chi connectivity index (χ0v) is 8.92. The Balaban J connectivity index is 0. The first-order chi connectivity index (χ1) is 4.70. The third-order valence-corrected chi connectivity index (χ3v) is 1.48. The highest BCUT2D eigenvalue weighted by Crippen LogP contribution is 2.12. The van der Waals surface area contributed by atoms with Crippen molar-refractivity contribution in [1.82, 2.24) is 4.98 Å². The minimum Gasteiger partial charge on any atom is -0.324 e. The molecule has 0 radical (unpaired) electrons. The minimum atomic E-state index is 0. The first kappa shape index (κ1) is 14.5. The normalized spacial score (nSPS) is 10.9. The Labute approximate surface area is 89.3 Å². The van der Waals surface area contributed by atoms with Crippen LogP contribution in [0, 0.1) is 0 Å². The first-order valence-corrected chi connectivity index (χ1v) is 3.45. The molecule has 1 aromatic rings. The molecule has 0 unspecified atom stereocenters. The van der Waals surface area contributed by atoms with E-state index in [-0.39, 0.29) is 30.9 Å². The van der Waals surface area contributed by atoms with Gasteiger partial charge in [0.05, 0.1) is 0 Å². The summed E-state index contributed by atoms with van der Waals surface area (Å²) >= 11 is 5.62. The van der Waals surface area contributed by atoms with Crippen LogP contribution in [-0.4, -0.2) is 4.98 Å². The van der Waals surface area contributed by atoms with Gasteiger partial charge >= 0.3 is 0 Å². The van der Waals surface area contributed by atoms with Crippen molar-refractivity contribution in [3.63, 3.8) is 0 Å². The standard InChI is InChI=1S/C7H9ClN2.2ClH/c1-5(9)6-2-3-10-7(8)4-6;;/h2-5H,9H2,1H3;2*1H/t5-;;/m0../s1.